The molecule has 34 heavy (non-hydrogen) atoms. The minimum Gasteiger partial charge on any atom is -0.497 e. The van der Waals surface area contributed by atoms with Gasteiger partial charge in [0.15, 0.2) is 0 Å². The van der Waals surface area contributed by atoms with Gasteiger partial charge in [-0.15, -0.1) is 0 Å². The van der Waals surface area contributed by atoms with Gasteiger partial charge in [-0.2, -0.15) is 0 Å². The smallest absolute Gasteiger partial charge is 0.119 e. The number of ether oxygens (including phenoxy) is 1. The third kappa shape index (κ3) is 5.17. The molecule has 1 unspecified atom stereocenters. The van der Waals surface area contributed by atoms with E-state index >= 15 is 0 Å². The molecule has 174 valence electrons. The van der Waals surface area contributed by atoms with Crippen molar-refractivity contribution in [2.75, 3.05) is 38.6 Å². The summed E-state index contributed by atoms with van der Waals surface area (Å²) < 4.78 is 5.52. The lowest BCUT2D eigenvalue weighted by atomic mass is 9.96. The summed E-state index contributed by atoms with van der Waals surface area (Å²) in [6.07, 6.45) is 1.82. The maximum Gasteiger partial charge on any atom is 0.119 e. The summed E-state index contributed by atoms with van der Waals surface area (Å²) in [7, 11) is 1.70. The Bertz CT molecular complexity index is 1250. The molecule has 1 atom stereocenters. The lowest BCUT2D eigenvalue weighted by molar-refractivity contribution is 0.233. The Hall–Kier alpha value is -3.12. The van der Waals surface area contributed by atoms with Crippen molar-refractivity contribution in [3.63, 3.8) is 0 Å². The third-order valence-electron chi connectivity index (χ3n) is 6.36. The number of hydrogen-bond donors (Lipinski definition) is 2. The Labute approximate surface area is 205 Å². The molecule has 1 aliphatic rings. The van der Waals surface area contributed by atoms with Crippen molar-refractivity contribution in [2.24, 2.45) is 0 Å². The minimum atomic E-state index is -0.0513. The van der Waals surface area contributed by atoms with E-state index in [1.807, 2.05) is 42.6 Å². The normalized spacial score (nSPS) is 15.2. The van der Waals surface area contributed by atoms with E-state index in [9.17, 15) is 0 Å². The summed E-state index contributed by atoms with van der Waals surface area (Å²) in [6, 6.07) is 25.0. The highest BCUT2D eigenvalue weighted by Gasteiger charge is 2.17. The fourth-order valence-corrected chi connectivity index (χ4v) is 4.69. The molecule has 5 nitrogen and oxygen atoms in total. The largest absolute Gasteiger partial charge is 0.497 e. The standard InChI is InChI=1S/C28H29ClN4O/c1-34-24-4-2-3-22(17-24)28(32-26-11-12-31-27-18-23(29)9-10-25(26)27)21-7-5-20(6-8-21)19-33-15-13-30-14-16-33/h2-12,17-18,28,30H,13-16,19H2,1H3,(H,31,32). The molecule has 6 heteroatoms. The maximum atomic E-state index is 6.21. The van der Waals surface area contributed by atoms with Crippen LogP contribution in [0.25, 0.3) is 10.9 Å². The van der Waals surface area contributed by atoms with Gasteiger partial charge in [-0.3, -0.25) is 9.88 Å². The van der Waals surface area contributed by atoms with Gasteiger partial charge in [-0.05, 0) is 53.1 Å². The number of nitrogens with zero attached hydrogens (tertiary/aromatic N) is 2. The molecule has 0 bridgehead atoms. The second-order valence-corrected chi connectivity index (χ2v) is 9.08. The molecule has 1 saturated heterocycles. The average Bonchev–Trinajstić information content (AvgIpc) is 2.88. The first kappa shape index (κ1) is 22.7. The molecule has 3 aromatic carbocycles. The van der Waals surface area contributed by atoms with E-state index in [4.69, 9.17) is 16.3 Å². The van der Waals surface area contributed by atoms with Crippen LogP contribution in [0.15, 0.2) is 79.0 Å². The Kier molecular flexibility index (Phi) is 6.95. The zero-order valence-corrected chi connectivity index (χ0v) is 20.1. The van der Waals surface area contributed by atoms with Crippen LogP contribution in [-0.4, -0.2) is 43.2 Å². The summed E-state index contributed by atoms with van der Waals surface area (Å²) >= 11 is 6.21. The van der Waals surface area contributed by atoms with Crippen LogP contribution in [0.2, 0.25) is 5.02 Å². The second-order valence-electron chi connectivity index (χ2n) is 8.64. The van der Waals surface area contributed by atoms with Crippen molar-refractivity contribution in [3.8, 4) is 5.75 Å². The highest BCUT2D eigenvalue weighted by Crippen LogP contribution is 2.32. The minimum absolute atomic E-state index is 0.0513. The number of benzene rings is 3. The summed E-state index contributed by atoms with van der Waals surface area (Å²) in [5, 5.41) is 8.91. The molecule has 0 saturated carbocycles. The number of methoxy groups -OCH3 is 1. The molecule has 5 rings (SSSR count). The van der Waals surface area contributed by atoms with E-state index in [0.717, 1.165) is 60.6 Å². The first-order chi connectivity index (χ1) is 16.7. The molecule has 2 N–H and O–H groups in total. The fraction of sp³-hybridized carbons (Fsp3) is 0.250. The van der Waals surface area contributed by atoms with Crippen LogP contribution in [0.5, 0.6) is 5.75 Å². The monoisotopic (exact) mass is 472 g/mol. The highest BCUT2D eigenvalue weighted by atomic mass is 35.5. The molecule has 1 fully saturated rings. The van der Waals surface area contributed by atoms with Crippen LogP contribution in [0, 0.1) is 0 Å². The number of aromatic nitrogens is 1. The number of hydrogen-bond acceptors (Lipinski definition) is 5. The zero-order chi connectivity index (χ0) is 23.3. The third-order valence-corrected chi connectivity index (χ3v) is 6.60. The molecule has 1 aliphatic heterocycles. The number of fused-ring (bicyclic) bond motifs is 1. The van der Waals surface area contributed by atoms with E-state index in [0.29, 0.717) is 5.02 Å². The van der Waals surface area contributed by atoms with Crippen molar-refractivity contribution in [1.29, 1.82) is 0 Å². The number of piperazine rings is 1. The summed E-state index contributed by atoms with van der Waals surface area (Å²) in [6.45, 7) is 5.29. The number of anilines is 1. The van der Waals surface area contributed by atoms with Crippen LogP contribution in [0.1, 0.15) is 22.7 Å². The van der Waals surface area contributed by atoms with Gasteiger partial charge in [-0.1, -0.05) is 48.0 Å². The maximum absolute atomic E-state index is 6.21. The summed E-state index contributed by atoms with van der Waals surface area (Å²) in [4.78, 5) is 6.99. The predicted octanol–water partition coefficient (Wildman–Crippen LogP) is 5.50. The topological polar surface area (TPSA) is 49.4 Å². The molecule has 0 spiro atoms. The van der Waals surface area contributed by atoms with E-state index in [-0.39, 0.29) is 6.04 Å². The molecule has 4 aromatic rings. The van der Waals surface area contributed by atoms with Crippen LogP contribution in [-0.2, 0) is 6.54 Å². The number of halogens is 1. The molecule has 1 aromatic heterocycles. The number of pyridine rings is 1. The van der Waals surface area contributed by atoms with Gasteiger partial charge >= 0.3 is 0 Å². The van der Waals surface area contributed by atoms with E-state index in [2.05, 4.69) is 56.9 Å². The molecule has 0 radical (unpaired) electrons. The van der Waals surface area contributed by atoms with Crippen molar-refractivity contribution in [2.45, 2.75) is 12.6 Å². The average molecular weight is 473 g/mol. The second kappa shape index (κ2) is 10.4. The summed E-state index contributed by atoms with van der Waals surface area (Å²) in [5.74, 6) is 0.839. The van der Waals surface area contributed by atoms with Gasteiger partial charge < -0.3 is 15.4 Å². The van der Waals surface area contributed by atoms with Crippen LogP contribution in [0.3, 0.4) is 0 Å². The lowest BCUT2D eigenvalue weighted by Gasteiger charge is -2.27. The molecular formula is C28H29ClN4O. The van der Waals surface area contributed by atoms with Crippen LogP contribution < -0.4 is 15.4 Å². The zero-order valence-electron chi connectivity index (χ0n) is 19.3. The van der Waals surface area contributed by atoms with E-state index in [1.165, 1.54) is 11.1 Å². The van der Waals surface area contributed by atoms with E-state index < -0.39 is 0 Å². The molecular weight excluding hydrogens is 444 g/mol. The predicted molar refractivity (Wildman–Crippen MR) is 140 cm³/mol. The SMILES string of the molecule is COc1cccc(C(Nc2ccnc3cc(Cl)ccc23)c2ccc(CN3CCNCC3)cc2)c1. The van der Waals surface area contributed by atoms with Gasteiger partial charge in [0.05, 0.1) is 18.7 Å². The highest BCUT2D eigenvalue weighted by molar-refractivity contribution is 6.31. The summed E-state index contributed by atoms with van der Waals surface area (Å²) in [5.41, 5.74) is 5.54. The van der Waals surface area contributed by atoms with Crippen molar-refractivity contribution >= 4 is 28.2 Å². The molecule has 0 amide bonds. The number of rotatable bonds is 7. The first-order valence-electron chi connectivity index (χ1n) is 11.7. The van der Waals surface area contributed by atoms with Gasteiger partial charge in [0.25, 0.3) is 0 Å². The van der Waals surface area contributed by atoms with Gasteiger partial charge in [0, 0.05) is 55.0 Å². The molecule has 2 heterocycles. The lowest BCUT2D eigenvalue weighted by Crippen LogP contribution is -2.42. The fourth-order valence-electron chi connectivity index (χ4n) is 4.53. The van der Waals surface area contributed by atoms with E-state index in [1.54, 1.807) is 7.11 Å². The van der Waals surface area contributed by atoms with Crippen molar-refractivity contribution < 1.29 is 4.74 Å². The quantitative estimate of drug-likeness (QED) is 0.371. The van der Waals surface area contributed by atoms with Crippen LogP contribution in [0.4, 0.5) is 5.69 Å². The Morgan fingerprint density at radius 2 is 1.82 bits per heavy atom. The van der Waals surface area contributed by atoms with Gasteiger partial charge in [0.2, 0.25) is 0 Å². The first-order valence-corrected chi connectivity index (χ1v) is 12.0. The van der Waals surface area contributed by atoms with Crippen molar-refractivity contribution in [3.05, 3.63) is 101 Å². The number of nitrogens with one attached hydrogen (secondary N) is 2. The van der Waals surface area contributed by atoms with Gasteiger partial charge in [-0.25, -0.2) is 0 Å². The van der Waals surface area contributed by atoms with Crippen molar-refractivity contribution in [1.82, 2.24) is 15.2 Å². The molecule has 0 aliphatic carbocycles. The van der Waals surface area contributed by atoms with Gasteiger partial charge in [0.1, 0.15) is 5.75 Å². The van der Waals surface area contributed by atoms with Crippen LogP contribution >= 0.6 is 11.6 Å². The Morgan fingerprint density at radius 3 is 2.62 bits per heavy atom. The Balaban J connectivity index is 1.48. The Morgan fingerprint density at radius 1 is 1.00 bits per heavy atom.